The lowest BCUT2D eigenvalue weighted by molar-refractivity contribution is -0.151. The molecule has 22 heavy (non-hydrogen) atoms. The van der Waals surface area contributed by atoms with Crippen molar-refractivity contribution in [1.29, 1.82) is 0 Å². The molecule has 120 valence electrons. The monoisotopic (exact) mass is 367 g/mol. The number of fused-ring (bicyclic) bond motifs is 1. The standard InChI is InChI=1S/C17H22BrNO3/c1-10(2)11(3)7-16(20)19-9-12-5-4-6-14(18)13(12)8-15(19)17(21)22/h4-6,10-11,15H,7-9H2,1-3H3,(H,21,22). The highest BCUT2D eigenvalue weighted by Crippen LogP contribution is 2.30. The van der Waals surface area contributed by atoms with Crippen molar-refractivity contribution in [1.82, 2.24) is 4.90 Å². The van der Waals surface area contributed by atoms with E-state index in [9.17, 15) is 14.7 Å². The van der Waals surface area contributed by atoms with Gasteiger partial charge in [-0.3, -0.25) is 4.79 Å². The number of hydrogen-bond donors (Lipinski definition) is 1. The summed E-state index contributed by atoms with van der Waals surface area (Å²) in [6.45, 7) is 6.56. The summed E-state index contributed by atoms with van der Waals surface area (Å²) in [6, 6.07) is 5.02. The summed E-state index contributed by atoms with van der Waals surface area (Å²) in [4.78, 5) is 25.7. The third kappa shape index (κ3) is 3.51. The fourth-order valence-electron chi connectivity index (χ4n) is 2.69. The first-order chi connectivity index (χ1) is 10.3. The minimum atomic E-state index is -0.938. The molecule has 0 bridgehead atoms. The maximum Gasteiger partial charge on any atom is 0.326 e. The molecule has 1 aromatic carbocycles. The third-order valence-corrected chi connectivity index (χ3v) is 5.31. The Morgan fingerprint density at radius 2 is 2.05 bits per heavy atom. The van der Waals surface area contributed by atoms with Gasteiger partial charge in [-0.15, -0.1) is 0 Å². The molecule has 4 nitrogen and oxygen atoms in total. The molecule has 0 saturated heterocycles. The molecule has 5 heteroatoms. The lowest BCUT2D eigenvalue weighted by Crippen LogP contribution is -2.49. The molecule has 1 aliphatic rings. The van der Waals surface area contributed by atoms with Crippen LogP contribution in [0, 0.1) is 11.8 Å². The van der Waals surface area contributed by atoms with Gasteiger partial charge in [-0.05, 0) is 29.0 Å². The van der Waals surface area contributed by atoms with E-state index in [4.69, 9.17) is 0 Å². The fraction of sp³-hybridized carbons (Fsp3) is 0.529. The zero-order valence-corrected chi connectivity index (χ0v) is 14.8. The van der Waals surface area contributed by atoms with E-state index in [0.29, 0.717) is 25.3 Å². The summed E-state index contributed by atoms with van der Waals surface area (Å²) in [6.07, 6.45) is 0.749. The van der Waals surface area contributed by atoms with E-state index in [0.717, 1.165) is 15.6 Å². The normalized spacial score (nSPS) is 19.0. The summed E-state index contributed by atoms with van der Waals surface area (Å²) in [5.74, 6) is -0.365. The minimum absolute atomic E-state index is 0.0702. The largest absolute Gasteiger partial charge is 0.480 e. The van der Waals surface area contributed by atoms with Crippen LogP contribution in [0.1, 0.15) is 38.3 Å². The second-order valence-electron chi connectivity index (χ2n) is 6.38. The Kier molecular flexibility index (Phi) is 5.27. The van der Waals surface area contributed by atoms with E-state index in [2.05, 4.69) is 29.8 Å². The van der Waals surface area contributed by atoms with Crippen LogP contribution in [-0.4, -0.2) is 27.9 Å². The predicted octanol–water partition coefficient (Wildman–Crippen LogP) is 3.47. The Morgan fingerprint density at radius 3 is 2.64 bits per heavy atom. The third-order valence-electron chi connectivity index (χ3n) is 4.57. The molecule has 1 aliphatic heterocycles. The zero-order chi connectivity index (χ0) is 16.4. The molecule has 0 radical (unpaired) electrons. The quantitative estimate of drug-likeness (QED) is 0.886. The number of amides is 1. The molecule has 1 aromatic rings. The van der Waals surface area contributed by atoms with E-state index >= 15 is 0 Å². The Hall–Kier alpha value is -1.36. The number of benzene rings is 1. The molecule has 1 N–H and O–H groups in total. The maximum atomic E-state index is 12.6. The van der Waals surface area contributed by atoms with E-state index in [1.807, 2.05) is 25.1 Å². The van der Waals surface area contributed by atoms with Crippen LogP contribution in [0.2, 0.25) is 0 Å². The Morgan fingerprint density at radius 1 is 1.36 bits per heavy atom. The van der Waals surface area contributed by atoms with Gasteiger partial charge < -0.3 is 10.0 Å². The van der Waals surface area contributed by atoms with Crippen molar-refractivity contribution in [2.45, 2.75) is 46.2 Å². The topological polar surface area (TPSA) is 57.6 Å². The maximum absolute atomic E-state index is 12.6. The van der Waals surface area contributed by atoms with Crippen LogP contribution in [0.3, 0.4) is 0 Å². The highest BCUT2D eigenvalue weighted by molar-refractivity contribution is 9.10. The van der Waals surface area contributed by atoms with Crippen LogP contribution < -0.4 is 0 Å². The van der Waals surface area contributed by atoms with Crippen LogP contribution in [-0.2, 0) is 22.6 Å². The van der Waals surface area contributed by atoms with Gasteiger partial charge in [-0.25, -0.2) is 4.79 Å². The van der Waals surface area contributed by atoms with Gasteiger partial charge in [0, 0.05) is 23.9 Å². The second-order valence-corrected chi connectivity index (χ2v) is 7.24. The molecule has 2 rings (SSSR count). The Bertz CT molecular complexity index is 585. The first-order valence-electron chi connectivity index (χ1n) is 7.59. The number of rotatable bonds is 4. The Balaban J connectivity index is 2.26. The molecule has 0 spiro atoms. The van der Waals surface area contributed by atoms with E-state index < -0.39 is 12.0 Å². The second kappa shape index (κ2) is 6.82. The molecule has 2 unspecified atom stereocenters. The SMILES string of the molecule is CC(C)C(C)CC(=O)N1Cc2cccc(Br)c2CC1C(=O)O. The summed E-state index contributed by atoms with van der Waals surface area (Å²) in [7, 11) is 0. The van der Waals surface area contributed by atoms with Crippen LogP contribution in [0.25, 0.3) is 0 Å². The number of carboxylic acids is 1. The molecule has 2 atom stereocenters. The average molecular weight is 368 g/mol. The molecule has 0 aromatic heterocycles. The van der Waals surface area contributed by atoms with Crippen LogP contribution >= 0.6 is 15.9 Å². The van der Waals surface area contributed by atoms with Gasteiger partial charge in [-0.2, -0.15) is 0 Å². The summed E-state index contributed by atoms with van der Waals surface area (Å²) >= 11 is 3.48. The summed E-state index contributed by atoms with van der Waals surface area (Å²) in [5, 5.41) is 9.51. The van der Waals surface area contributed by atoms with Gasteiger partial charge in [-0.1, -0.05) is 48.8 Å². The van der Waals surface area contributed by atoms with Crippen molar-refractivity contribution in [3.8, 4) is 0 Å². The summed E-state index contributed by atoms with van der Waals surface area (Å²) in [5.41, 5.74) is 2.02. The van der Waals surface area contributed by atoms with Gasteiger partial charge in [0.1, 0.15) is 6.04 Å². The van der Waals surface area contributed by atoms with Crippen molar-refractivity contribution in [2.75, 3.05) is 0 Å². The molecule has 1 heterocycles. The highest BCUT2D eigenvalue weighted by atomic mass is 79.9. The average Bonchev–Trinajstić information content (AvgIpc) is 2.46. The predicted molar refractivity (Wildman–Crippen MR) is 88.4 cm³/mol. The lowest BCUT2D eigenvalue weighted by atomic mass is 9.91. The van der Waals surface area contributed by atoms with Crippen molar-refractivity contribution < 1.29 is 14.7 Å². The Labute approximate surface area is 139 Å². The van der Waals surface area contributed by atoms with Crippen LogP contribution in [0.5, 0.6) is 0 Å². The first-order valence-corrected chi connectivity index (χ1v) is 8.39. The van der Waals surface area contributed by atoms with E-state index in [1.165, 1.54) is 4.90 Å². The lowest BCUT2D eigenvalue weighted by Gasteiger charge is -2.35. The highest BCUT2D eigenvalue weighted by Gasteiger charge is 2.35. The number of hydrogen-bond acceptors (Lipinski definition) is 2. The summed E-state index contributed by atoms with van der Waals surface area (Å²) < 4.78 is 0.916. The number of nitrogens with zero attached hydrogens (tertiary/aromatic N) is 1. The smallest absolute Gasteiger partial charge is 0.326 e. The molecular weight excluding hydrogens is 346 g/mol. The molecule has 0 saturated carbocycles. The van der Waals surface area contributed by atoms with Crippen molar-refractivity contribution >= 4 is 27.8 Å². The van der Waals surface area contributed by atoms with Gasteiger partial charge in [0.25, 0.3) is 0 Å². The van der Waals surface area contributed by atoms with E-state index in [-0.39, 0.29) is 11.8 Å². The number of carboxylic acid groups (broad SMARTS) is 1. The van der Waals surface area contributed by atoms with Gasteiger partial charge in [0.15, 0.2) is 0 Å². The molecular formula is C17H22BrNO3. The van der Waals surface area contributed by atoms with Gasteiger partial charge >= 0.3 is 5.97 Å². The number of carbonyl (C=O) groups is 2. The van der Waals surface area contributed by atoms with Gasteiger partial charge in [0.2, 0.25) is 5.91 Å². The minimum Gasteiger partial charge on any atom is -0.480 e. The van der Waals surface area contributed by atoms with Crippen molar-refractivity contribution in [3.05, 3.63) is 33.8 Å². The van der Waals surface area contributed by atoms with E-state index in [1.54, 1.807) is 0 Å². The van der Waals surface area contributed by atoms with Gasteiger partial charge in [0.05, 0.1) is 0 Å². The zero-order valence-electron chi connectivity index (χ0n) is 13.2. The molecule has 0 aliphatic carbocycles. The van der Waals surface area contributed by atoms with Crippen LogP contribution in [0.4, 0.5) is 0 Å². The van der Waals surface area contributed by atoms with Crippen molar-refractivity contribution in [2.24, 2.45) is 11.8 Å². The number of aliphatic carboxylic acids is 1. The fourth-order valence-corrected chi connectivity index (χ4v) is 3.26. The number of halogens is 1. The first kappa shape index (κ1) is 17.0. The molecule has 0 fully saturated rings. The molecule has 1 amide bonds. The number of carbonyl (C=O) groups excluding carboxylic acids is 1. The van der Waals surface area contributed by atoms with Crippen molar-refractivity contribution in [3.63, 3.8) is 0 Å². The van der Waals surface area contributed by atoms with Crippen LogP contribution in [0.15, 0.2) is 22.7 Å².